The molecule has 12 heavy (non-hydrogen) atoms. The van der Waals surface area contributed by atoms with Gasteiger partial charge in [-0.25, -0.2) is 0 Å². The van der Waals surface area contributed by atoms with Gasteiger partial charge in [0.15, 0.2) is 0 Å². The lowest BCUT2D eigenvalue weighted by molar-refractivity contribution is -0.144. The number of Topliss-reactive ketones (excluding diaryl/α,β-unsaturated/α-hetero) is 3. The summed E-state index contributed by atoms with van der Waals surface area (Å²) < 4.78 is 0. The maximum absolute atomic E-state index is 10.9. The molecule has 0 fully saturated rings. The first-order chi connectivity index (χ1) is 5.37. The first-order valence-electron chi connectivity index (χ1n) is 3.51. The minimum Gasteiger partial charge on any atom is -0.321 e. The van der Waals surface area contributed by atoms with E-state index in [4.69, 9.17) is 11.5 Å². The molecule has 0 aliphatic heterocycles. The molecular weight excluding hydrogens is 160 g/mol. The van der Waals surface area contributed by atoms with Crippen LogP contribution < -0.4 is 11.5 Å². The van der Waals surface area contributed by atoms with Crippen LogP contribution in [0.1, 0.15) is 13.8 Å². The number of rotatable bonds is 4. The predicted molar refractivity (Wildman–Crippen MR) is 42.3 cm³/mol. The molecule has 5 nitrogen and oxygen atoms in total. The van der Waals surface area contributed by atoms with Crippen LogP contribution in [-0.4, -0.2) is 29.4 Å². The molecule has 2 unspecified atom stereocenters. The van der Waals surface area contributed by atoms with Crippen molar-refractivity contribution in [2.24, 2.45) is 11.5 Å². The van der Waals surface area contributed by atoms with Crippen LogP contribution in [0, 0.1) is 0 Å². The van der Waals surface area contributed by atoms with Crippen molar-refractivity contribution in [2.45, 2.75) is 25.9 Å². The second kappa shape index (κ2) is 4.08. The van der Waals surface area contributed by atoms with Crippen LogP contribution in [0.25, 0.3) is 0 Å². The van der Waals surface area contributed by atoms with E-state index < -0.39 is 29.4 Å². The zero-order valence-corrected chi connectivity index (χ0v) is 7.03. The van der Waals surface area contributed by atoms with E-state index in [1.165, 1.54) is 13.8 Å². The van der Waals surface area contributed by atoms with Crippen molar-refractivity contribution in [3.63, 3.8) is 0 Å². The molecule has 0 amide bonds. The summed E-state index contributed by atoms with van der Waals surface area (Å²) >= 11 is 0. The summed E-state index contributed by atoms with van der Waals surface area (Å²) in [6, 6.07) is -1.89. The van der Waals surface area contributed by atoms with Crippen LogP contribution in [0.5, 0.6) is 0 Å². The second-order valence-corrected chi connectivity index (χ2v) is 2.63. The summed E-state index contributed by atoms with van der Waals surface area (Å²) in [5.74, 6) is -2.89. The van der Waals surface area contributed by atoms with Crippen molar-refractivity contribution in [1.29, 1.82) is 0 Å². The van der Waals surface area contributed by atoms with Crippen LogP contribution in [0.4, 0.5) is 0 Å². The van der Waals surface area contributed by atoms with Crippen molar-refractivity contribution in [1.82, 2.24) is 0 Å². The summed E-state index contributed by atoms with van der Waals surface area (Å²) in [5.41, 5.74) is 10.2. The van der Waals surface area contributed by atoms with Gasteiger partial charge in [0.25, 0.3) is 5.78 Å². The Balaban J connectivity index is 4.41. The van der Waals surface area contributed by atoms with Gasteiger partial charge in [-0.1, -0.05) is 0 Å². The van der Waals surface area contributed by atoms with Gasteiger partial charge in [0.05, 0.1) is 12.1 Å². The van der Waals surface area contributed by atoms with Gasteiger partial charge in [-0.05, 0) is 13.8 Å². The minimum atomic E-state index is -1.11. The highest BCUT2D eigenvalue weighted by Gasteiger charge is 2.27. The smallest absolute Gasteiger partial charge is 0.267 e. The molecule has 5 heteroatoms. The summed E-state index contributed by atoms with van der Waals surface area (Å²) in [6.07, 6.45) is 0. The molecule has 0 aromatic heterocycles. The molecule has 0 aromatic rings. The first-order valence-corrected chi connectivity index (χ1v) is 3.51. The molecule has 0 radical (unpaired) electrons. The first kappa shape index (κ1) is 10.9. The van der Waals surface area contributed by atoms with Gasteiger partial charge in [-0.2, -0.15) is 0 Å². The third kappa shape index (κ3) is 2.52. The highest BCUT2D eigenvalue weighted by molar-refractivity contribution is 6.65. The predicted octanol–water partition coefficient (Wildman–Crippen LogP) is -1.61. The van der Waals surface area contributed by atoms with E-state index >= 15 is 0 Å². The van der Waals surface area contributed by atoms with Crippen LogP contribution in [0.2, 0.25) is 0 Å². The molecule has 0 spiro atoms. The van der Waals surface area contributed by atoms with Crippen LogP contribution in [0.3, 0.4) is 0 Å². The SMILES string of the molecule is CC(N)C(=O)C(=O)C(=O)C(C)N. The lowest BCUT2D eigenvalue weighted by Gasteiger charge is -2.03. The molecular formula is C7H12N2O3. The average molecular weight is 172 g/mol. The van der Waals surface area contributed by atoms with Crippen LogP contribution in [-0.2, 0) is 14.4 Å². The lowest BCUT2D eigenvalue weighted by Crippen LogP contribution is -2.43. The molecule has 4 N–H and O–H groups in total. The summed E-state index contributed by atoms with van der Waals surface area (Å²) in [7, 11) is 0. The number of hydrogen-bond acceptors (Lipinski definition) is 5. The van der Waals surface area contributed by atoms with Gasteiger partial charge < -0.3 is 11.5 Å². The monoisotopic (exact) mass is 172 g/mol. The van der Waals surface area contributed by atoms with E-state index in [-0.39, 0.29) is 0 Å². The maximum Gasteiger partial charge on any atom is 0.267 e. The summed E-state index contributed by atoms with van der Waals surface area (Å²) in [6.45, 7) is 2.68. The number of carbonyl (C=O) groups excluding carboxylic acids is 3. The Hall–Kier alpha value is -1.07. The van der Waals surface area contributed by atoms with Crippen molar-refractivity contribution in [2.75, 3.05) is 0 Å². The average Bonchev–Trinajstić information content (AvgIpc) is 2.00. The largest absolute Gasteiger partial charge is 0.321 e. The molecule has 0 aromatic carbocycles. The third-order valence-electron chi connectivity index (χ3n) is 1.27. The Bertz CT molecular complexity index is 199. The molecule has 0 saturated heterocycles. The van der Waals surface area contributed by atoms with Crippen molar-refractivity contribution in [3.8, 4) is 0 Å². The summed E-state index contributed by atoms with van der Waals surface area (Å²) in [4.78, 5) is 32.5. The second-order valence-electron chi connectivity index (χ2n) is 2.63. The fourth-order valence-corrected chi connectivity index (χ4v) is 0.535. The van der Waals surface area contributed by atoms with E-state index in [9.17, 15) is 14.4 Å². The molecule has 0 saturated carbocycles. The van der Waals surface area contributed by atoms with E-state index in [0.717, 1.165) is 0 Å². The normalized spacial score (nSPS) is 15.0. The number of hydrogen-bond donors (Lipinski definition) is 2. The quantitative estimate of drug-likeness (QED) is 0.392. The van der Waals surface area contributed by atoms with E-state index in [2.05, 4.69) is 0 Å². The van der Waals surface area contributed by atoms with E-state index in [1.807, 2.05) is 0 Å². The molecule has 0 aliphatic rings. The molecule has 0 bridgehead atoms. The van der Waals surface area contributed by atoms with Crippen molar-refractivity contribution >= 4 is 17.3 Å². The number of carbonyl (C=O) groups is 3. The zero-order chi connectivity index (χ0) is 9.89. The third-order valence-corrected chi connectivity index (χ3v) is 1.27. The molecule has 2 atom stereocenters. The highest BCUT2D eigenvalue weighted by atomic mass is 16.2. The molecule has 0 aliphatic carbocycles. The van der Waals surface area contributed by atoms with Gasteiger partial charge in [0.1, 0.15) is 0 Å². The van der Waals surface area contributed by atoms with Gasteiger partial charge in [-0.15, -0.1) is 0 Å². The Labute approximate surface area is 70.1 Å². The van der Waals surface area contributed by atoms with Crippen molar-refractivity contribution < 1.29 is 14.4 Å². The molecule has 68 valence electrons. The maximum atomic E-state index is 10.9. The highest BCUT2D eigenvalue weighted by Crippen LogP contribution is 1.88. The van der Waals surface area contributed by atoms with Crippen molar-refractivity contribution in [3.05, 3.63) is 0 Å². The van der Waals surface area contributed by atoms with Gasteiger partial charge in [0, 0.05) is 0 Å². The van der Waals surface area contributed by atoms with E-state index in [0.29, 0.717) is 0 Å². The number of nitrogens with two attached hydrogens (primary N) is 2. The summed E-state index contributed by atoms with van der Waals surface area (Å²) in [5, 5.41) is 0. The van der Waals surface area contributed by atoms with Gasteiger partial charge in [0.2, 0.25) is 11.6 Å². The fourth-order valence-electron chi connectivity index (χ4n) is 0.535. The Morgan fingerprint density at radius 1 is 0.917 bits per heavy atom. The Morgan fingerprint density at radius 3 is 1.33 bits per heavy atom. The fraction of sp³-hybridized carbons (Fsp3) is 0.571. The van der Waals surface area contributed by atoms with Gasteiger partial charge >= 0.3 is 0 Å². The topological polar surface area (TPSA) is 103 Å². The lowest BCUT2D eigenvalue weighted by atomic mass is 10.0. The molecule has 0 rings (SSSR count). The Morgan fingerprint density at radius 2 is 1.17 bits per heavy atom. The molecule has 0 heterocycles. The zero-order valence-electron chi connectivity index (χ0n) is 7.03. The minimum absolute atomic E-state index is 0.891. The van der Waals surface area contributed by atoms with Crippen LogP contribution in [0.15, 0.2) is 0 Å². The Kier molecular flexibility index (Phi) is 3.72. The van der Waals surface area contributed by atoms with Gasteiger partial charge in [-0.3, -0.25) is 14.4 Å². The van der Waals surface area contributed by atoms with Crippen LogP contribution >= 0.6 is 0 Å². The van der Waals surface area contributed by atoms with E-state index in [1.54, 1.807) is 0 Å². The number of ketones is 3. The standard InChI is InChI=1S/C7H12N2O3/c1-3(8)5(10)7(12)6(11)4(2)9/h3-4H,8-9H2,1-2H3.